The number of carbonyl (C=O) groups excluding carboxylic acids is 2. The summed E-state index contributed by atoms with van der Waals surface area (Å²) in [7, 11) is 3.76. The predicted molar refractivity (Wildman–Crippen MR) is 127 cm³/mol. The zero-order valence-electron chi connectivity index (χ0n) is 18.1. The lowest BCUT2D eigenvalue weighted by Gasteiger charge is -2.19. The van der Waals surface area contributed by atoms with Gasteiger partial charge in [0.15, 0.2) is 0 Å². The molecule has 3 aromatic rings. The number of rotatable bonds is 7. The first-order valence-corrected chi connectivity index (χ1v) is 10.3. The maximum absolute atomic E-state index is 12.9. The molecule has 3 aromatic carbocycles. The van der Waals surface area contributed by atoms with E-state index in [1.54, 1.807) is 12.1 Å². The molecule has 3 N–H and O–H groups in total. The molecular weight excluding hydrogens is 388 g/mol. The number of anilines is 3. The molecule has 0 bridgehead atoms. The Morgan fingerprint density at radius 3 is 2.29 bits per heavy atom. The van der Waals surface area contributed by atoms with Crippen molar-refractivity contribution in [3.63, 3.8) is 0 Å². The molecule has 0 heterocycles. The van der Waals surface area contributed by atoms with Gasteiger partial charge in [-0.15, -0.1) is 0 Å². The molecule has 3 rings (SSSR count). The van der Waals surface area contributed by atoms with Crippen molar-refractivity contribution in [3.8, 4) is 0 Å². The molecule has 6 nitrogen and oxygen atoms in total. The quantitative estimate of drug-likeness (QED) is 0.513. The van der Waals surface area contributed by atoms with Crippen LogP contribution in [0.2, 0.25) is 0 Å². The van der Waals surface area contributed by atoms with Crippen molar-refractivity contribution in [3.05, 3.63) is 89.5 Å². The lowest BCUT2D eigenvalue weighted by molar-refractivity contribution is 0.0951. The molecule has 160 valence electrons. The van der Waals surface area contributed by atoms with Gasteiger partial charge in [-0.05, 0) is 41.8 Å². The molecule has 0 unspecified atom stereocenters. The zero-order valence-corrected chi connectivity index (χ0v) is 18.1. The van der Waals surface area contributed by atoms with Crippen LogP contribution in [0.1, 0.15) is 28.4 Å². The smallest absolute Gasteiger partial charge is 0.323 e. The van der Waals surface area contributed by atoms with Gasteiger partial charge in [0.25, 0.3) is 5.91 Å². The molecule has 3 amide bonds. The van der Waals surface area contributed by atoms with Crippen LogP contribution < -0.4 is 20.9 Å². The highest BCUT2D eigenvalue weighted by atomic mass is 16.2. The topological polar surface area (TPSA) is 73.5 Å². The van der Waals surface area contributed by atoms with E-state index in [9.17, 15) is 9.59 Å². The number of nitrogens with zero attached hydrogens (tertiary/aromatic N) is 1. The monoisotopic (exact) mass is 416 g/mol. The van der Waals surface area contributed by atoms with Crippen LogP contribution in [-0.4, -0.2) is 26.0 Å². The van der Waals surface area contributed by atoms with Crippen molar-refractivity contribution in [2.24, 2.45) is 0 Å². The first kappa shape index (κ1) is 21.9. The van der Waals surface area contributed by atoms with E-state index in [0.717, 1.165) is 28.9 Å². The molecule has 0 saturated carbocycles. The minimum absolute atomic E-state index is 0.201. The fourth-order valence-corrected chi connectivity index (χ4v) is 3.29. The fourth-order valence-electron chi connectivity index (χ4n) is 3.29. The van der Waals surface area contributed by atoms with Crippen molar-refractivity contribution in [2.45, 2.75) is 19.9 Å². The predicted octanol–water partition coefficient (Wildman–Crippen LogP) is 4.89. The average Bonchev–Trinajstić information content (AvgIpc) is 2.78. The number of carbonyl (C=O) groups is 2. The fraction of sp³-hybridized carbons (Fsp3) is 0.200. The highest BCUT2D eigenvalue weighted by molar-refractivity contribution is 6.04. The summed E-state index contributed by atoms with van der Waals surface area (Å²) in [4.78, 5) is 27.3. The Balaban J connectivity index is 1.74. The van der Waals surface area contributed by atoms with Gasteiger partial charge in [0.2, 0.25) is 0 Å². The Morgan fingerprint density at radius 2 is 1.58 bits per heavy atom. The van der Waals surface area contributed by atoms with Crippen LogP contribution >= 0.6 is 0 Å². The Morgan fingerprint density at radius 1 is 0.871 bits per heavy atom. The highest BCUT2D eigenvalue weighted by Gasteiger charge is 2.15. The maximum atomic E-state index is 12.9. The summed E-state index contributed by atoms with van der Waals surface area (Å²) >= 11 is 0. The number of para-hydroxylation sites is 1. The third kappa shape index (κ3) is 5.85. The molecule has 0 spiro atoms. The van der Waals surface area contributed by atoms with Crippen LogP contribution in [0.5, 0.6) is 0 Å². The summed E-state index contributed by atoms with van der Waals surface area (Å²) in [5, 5.41) is 8.66. The van der Waals surface area contributed by atoms with E-state index >= 15 is 0 Å². The van der Waals surface area contributed by atoms with E-state index in [0.29, 0.717) is 17.8 Å². The highest BCUT2D eigenvalue weighted by Crippen LogP contribution is 2.24. The number of aryl methyl sites for hydroxylation is 1. The zero-order chi connectivity index (χ0) is 22.2. The van der Waals surface area contributed by atoms with Gasteiger partial charge in [0, 0.05) is 37.7 Å². The molecule has 6 heteroatoms. The Kier molecular flexibility index (Phi) is 7.27. The second-order valence-corrected chi connectivity index (χ2v) is 7.38. The Hall–Kier alpha value is -3.80. The Labute approximate surface area is 183 Å². The minimum atomic E-state index is -0.353. The van der Waals surface area contributed by atoms with E-state index in [2.05, 4.69) is 16.0 Å². The molecule has 0 fully saturated rings. The molecule has 0 aliphatic heterocycles. The van der Waals surface area contributed by atoms with Crippen LogP contribution in [0.25, 0.3) is 0 Å². The molecule has 0 radical (unpaired) electrons. The van der Waals surface area contributed by atoms with Gasteiger partial charge in [0.1, 0.15) is 0 Å². The van der Waals surface area contributed by atoms with Crippen molar-refractivity contribution in [1.82, 2.24) is 5.32 Å². The molecular formula is C25H28N4O2. The Bertz CT molecular complexity index is 1050. The summed E-state index contributed by atoms with van der Waals surface area (Å²) in [5.74, 6) is -0.201. The third-order valence-corrected chi connectivity index (χ3v) is 4.92. The van der Waals surface area contributed by atoms with E-state index in [4.69, 9.17) is 0 Å². The largest absolute Gasteiger partial charge is 0.377 e. The normalized spacial score (nSPS) is 10.3. The van der Waals surface area contributed by atoms with Gasteiger partial charge in [-0.3, -0.25) is 4.79 Å². The first-order chi connectivity index (χ1) is 15.0. The summed E-state index contributed by atoms with van der Waals surface area (Å²) in [6, 6.07) is 22.4. The molecule has 0 aromatic heterocycles. The first-order valence-electron chi connectivity index (χ1n) is 10.3. The van der Waals surface area contributed by atoms with Gasteiger partial charge in [0.05, 0.1) is 5.56 Å². The van der Waals surface area contributed by atoms with Crippen molar-refractivity contribution < 1.29 is 9.59 Å². The summed E-state index contributed by atoms with van der Waals surface area (Å²) < 4.78 is 0. The summed E-state index contributed by atoms with van der Waals surface area (Å²) in [6.07, 6.45) is 0.819. The van der Waals surface area contributed by atoms with E-state index in [1.807, 2.05) is 86.6 Å². The van der Waals surface area contributed by atoms with Gasteiger partial charge in [-0.25, -0.2) is 4.79 Å². The number of benzene rings is 3. The number of hydrogen-bond donors (Lipinski definition) is 3. The number of nitrogens with one attached hydrogen (secondary N) is 3. The van der Waals surface area contributed by atoms with Crippen LogP contribution in [0.3, 0.4) is 0 Å². The molecule has 0 aliphatic rings. The molecule has 0 atom stereocenters. The van der Waals surface area contributed by atoms with Crippen LogP contribution in [-0.2, 0) is 13.0 Å². The van der Waals surface area contributed by atoms with E-state index < -0.39 is 0 Å². The standard InChI is InChI=1S/C25H28N4O2/c1-4-19-12-8-9-13-22(19)28-25(31)27-20-14-15-23(29(2)3)21(16-20)24(30)26-17-18-10-6-5-7-11-18/h5-16H,4,17H2,1-3H3,(H,26,30)(H2,27,28,31). The second kappa shape index (κ2) is 10.3. The minimum Gasteiger partial charge on any atom is -0.377 e. The number of amides is 3. The van der Waals surface area contributed by atoms with Gasteiger partial charge in [-0.2, -0.15) is 0 Å². The average molecular weight is 417 g/mol. The lowest BCUT2D eigenvalue weighted by atomic mass is 10.1. The van der Waals surface area contributed by atoms with Crippen LogP contribution in [0, 0.1) is 0 Å². The number of urea groups is 1. The SMILES string of the molecule is CCc1ccccc1NC(=O)Nc1ccc(N(C)C)c(C(=O)NCc2ccccc2)c1. The maximum Gasteiger partial charge on any atom is 0.323 e. The summed E-state index contributed by atoms with van der Waals surface area (Å²) in [5.41, 5.74) is 4.66. The van der Waals surface area contributed by atoms with Gasteiger partial charge >= 0.3 is 6.03 Å². The van der Waals surface area contributed by atoms with Crippen LogP contribution in [0.4, 0.5) is 21.9 Å². The van der Waals surface area contributed by atoms with Crippen LogP contribution in [0.15, 0.2) is 72.8 Å². The lowest BCUT2D eigenvalue weighted by Crippen LogP contribution is -2.26. The van der Waals surface area contributed by atoms with Gasteiger partial charge < -0.3 is 20.9 Å². The third-order valence-electron chi connectivity index (χ3n) is 4.92. The van der Waals surface area contributed by atoms with E-state index in [-0.39, 0.29) is 11.9 Å². The van der Waals surface area contributed by atoms with E-state index in [1.165, 1.54) is 0 Å². The van der Waals surface area contributed by atoms with Gasteiger partial charge in [-0.1, -0.05) is 55.5 Å². The molecule has 0 saturated heterocycles. The van der Waals surface area contributed by atoms with Crippen molar-refractivity contribution in [2.75, 3.05) is 29.6 Å². The molecule has 31 heavy (non-hydrogen) atoms. The van der Waals surface area contributed by atoms with Crippen molar-refractivity contribution in [1.29, 1.82) is 0 Å². The van der Waals surface area contributed by atoms with Crippen molar-refractivity contribution >= 4 is 29.0 Å². The summed E-state index contributed by atoms with van der Waals surface area (Å²) in [6.45, 7) is 2.47. The number of hydrogen-bond acceptors (Lipinski definition) is 3. The molecule has 0 aliphatic carbocycles. The second-order valence-electron chi connectivity index (χ2n) is 7.38.